The van der Waals surface area contributed by atoms with Crippen molar-refractivity contribution in [3.05, 3.63) is 28.7 Å². The maximum Gasteiger partial charge on any atom is 0.338 e. The van der Waals surface area contributed by atoms with Gasteiger partial charge in [-0.15, -0.1) is 0 Å². The van der Waals surface area contributed by atoms with Crippen LogP contribution in [0, 0.1) is 22.7 Å². The normalized spacial score (nSPS) is 10.6. The molecule has 11 heteroatoms. The molecule has 2 rings (SSSR count). The molecule has 0 unspecified atom stereocenters. The van der Waals surface area contributed by atoms with Crippen LogP contribution in [0.15, 0.2) is 28.1 Å². The third-order valence-corrected chi connectivity index (χ3v) is 2.81. The van der Waals surface area contributed by atoms with Gasteiger partial charge in [0.05, 0.1) is 16.7 Å². The van der Waals surface area contributed by atoms with Gasteiger partial charge >= 0.3 is 18.8 Å². The molecule has 0 bridgehead atoms. The molecule has 118 valence electrons. The number of hydrogen-bond acceptors (Lipinski definition) is 5. The zero-order valence-electron chi connectivity index (χ0n) is 11.0. The lowest BCUT2D eigenvalue weighted by molar-refractivity contribution is 0.0519. The van der Waals surface area contributed by atoms with Crippen molar-refractivity contribution in [1.82, 2.24) is 9.13 Å². The number of anilines is 1. The van der Waals surface area contributed by atoms with Gasteiger partial charge < -0.3 is 0 Å². The van der Waals surface area contributed by atoms with Crippen molar-refractivity contribution in [2.24, 2.45) is 5.10 Å². The minimum absolute atomic E-state index is 0.0290. The summed E-state index contributed by atoms with van der Waals surface area (Å²) in [7, 11) is 0. The van der Waals surface area contributed by atoms with E-state index in [0.717, 1.165) is 12.1 Å². The van der Waals surface area contributed by atoms with E-state index in [1.165, 1.54) is 18.2 Å². The number of alkyl halides is 4. The van der Waals surface area contributed by atoms with Crippen LogP contribution in [0.5, 0.6) is 0 Å². The van der Waals surface area contributed by atoms with Crippen molar-refractivity contribution in [3.8, 4) is 12.1 Å². The summed E-state index contributed by atoms with van der Waals surface area (Å²) in [6, 6.07) is 6.13. The average Bonchev–Trinajstić information content (AvgIpc) is 2.79. The second-order valence-corrected chi connectivity index (χ2v) is 4.08. The maximum absolute atomic E-state index is 13.0. The van der Waals surface area contributed by atoms with Gasteiger partial charge in [-0.25, -0.2) is 13.9 Å². The lowest BCUT2D eigenvalue weighted by atomic mass is 10.3. The Kier molecular flexibility index (Phi) is 4.32. The van der Waals surface area contributed by atoms with E-state index >= 15 is 0 Å². The van der Waals surface area contributed by atoms with Crippen molar-refractivity contribution >= 4 is 22.4 Å². The number of nitrogens with zero attached hydrogens (tertiary/aromatic N) is 5. The van der Waals surface area contributed by atoms with Gasteiger partial charge in [0.25, 0.3) is 0 Å². The van der Waals surface area contributed by atoms with Gasteiger partial charge in [-0.1, -0.05) is 0 Å². The molecule has 0 saturated carbocycles. The second kappa shape index (κ2) is 6.19. The highest BCUT2D eigenvalue weighted by Crippen LogP contribution is 2.25. The maximum atomic E-state index is 13.0. The van der Waals surface area contributed by atoms with E-state index in [-0.39, 0.29) is 20.3 Å². The Balaban J connectivity index is 2.62. The van der Waals surface area contributed by atoms with Gasteiger partial charge in [-0.05, 0) is 18.2 Å². The zero-order chi connectivity index (χ0) is 17.1. The highest BCUT2D eigenvalue weighted by Gasteiger charge is 2.23. The molecule has 23 heavy (non-hydrogen) atoms. The number of benzene rings is 1. The largest absolute Gasteiger partial charge is 0.338 e. The fourth-order valence-corrected chi connectivity index (χ4v) is 1.88. The molecule has 1 heterocycles. The summed E-state index contributed by atoms with van der Waals surface area (Å²) in [5, 5.41) is 20.4. The van der Waals surface area contributed by atoms with Crippen molar-refractivity contribution < 1.29 is 17.6 Å². The number of rotatable bonds is 4. The van der Waals surface area contributed by atoms with Crippen molar-refractivity contribution in [3.63, 3.8) is 0 Å². The molecule has 0 aliphatic heterocycles. The van der Waals surface area contributed by atoms with Crippen LogP contribution in [0.2, 0.25) is 0 Å². The van der Waals surface area contributed by atoms with Crippen LogP contribution in [0.4, 0.5) is 23.2 Å². The van der Waals surface area contributed by atoms with Gasteiger partial charge in [0, 0.05) is 0 Å². The summed E-state index contributed by atoms with van der Waals surface area (Å²) in [4.78, 5) is 11.7. The highest BCUT2D eigenvalue weighted by molar-refractivity contribution is 6.10. The van der Waals surface area contributed by atoms with Gasteiger partial charge in [0.1, 0.15) is 12.1 Å². The molecule has 0 amide bonds. The van der Waals surface area contributed by atoms with Crippen LogP contribution in [-0.4, -0.2) is 14.8 Å². The molecular formula is C12H6F4N6O. The van der Waals surface area contributed by atoms with Crippen molar-refractivity contribution in [1.29, 1.82) is 10.5 Å². The predicted octanol–water partition coefficient (Wildman–Crippen LogP) is 2.41. The van der Waals surface area contributed by atoms with E-state index in [2.05, 4.69) is 10.5 Å². The zero-order valence-corrected chi connectivity index (χ0v) is 11.0. The third-order valence-electron chi connectivity index (χ3n) is 2.81. The Morgan fingerprint density at radius 2 is 1.65 bits per heavy atom. The van der Waals surface area contributed by atoms with E-state index < -0.39 is 30.0 Å². The Morgan fingerprint density at radius 1 is 1.09 bits per heavy atom. The summed E-state index contributed by atoms with van der Waals surface area (Å²) >= 11 is 0. The first-order chi connectivity index (χ1) is 10.9. The van der Waals surface area contributed by atoms with E-state index in [0.29, 0.717) is 0 Å². The molecule has 2 aromatic rings. The van der Waals surface area contributed by atoms with Crippen LogP contribution in [0.25, 0.3) is 11.0 Å². The molecular weight excluding hydrogens is 320 g/mol. The van der Waals surface area contributed by atoms with Gasteiger partial charge in [-0.3, -0.25) is 5.43 Å². The van der Waals surface area contributed by atoms with Crippen LogP contribution in [0.3, 0.4) is 0 Å². The summed E-state index contributed by atoms with van der Waals surface area (Å²) < 4.78 is 51.5. The predicted molar refractivity (Wildman–Crippen MR) is 71.0 cm³/mol. The van der Waals surface area contributed by atoms with E-state index in [9.17, 15) is 22.4 Å². The Bertz CT molecular complexity index is 898. The number of hydrogen-bond donors (Lipinski definition) is 1. The molecule has 1 aromatic carbocycles. The number of fused-ring (bicyclic) bond motifs is 1. The molecule has 0 spiro atoms. The average molecular weight is 326 g/mol. The topological polar surface area (TPSA) is 98.9 Å². The minimum atomic E-state index is -3.32. The monoisotopic (exact) mass is 326 g/mol. The Labute approximate surface area is 125 Å². The number of hydrazone groups is 1. The van der Waals surface area contributed by atoms with Crippen LogP contribution in [-0.2, 0) is 0 Å². The van der Waals surface area contributed by atoms with Gasteiger partial charge in [0.2, 0.25) is 5.71 Å². The molecule has 0 aliphatic carbocycles. The Morgan fingerprint density at radius 3 is 2.17 bits per heavy atom. The summed E-state index contributed by atoms with van der Waals surface area (Å²) in [5.74, 6) is 0. The van der Waals surface area contributed by atoms with Crippen molar-refractivity contribution in [2.75, 3.05) is 5.43 Å². The first kappa shape index (κ1) is 16.0. The molecule has 0 atom stereocenters. The summed E-state index contributed by atoms with van der Waals surface area (Å²) in [6.45, 7) is -6.61. The lowest BCUT2D eigenvalue weighted by Gasteiger charge is -2.03. The lowest BCUT2D eigenvalue weighted by Crippen LogP contribution is -2.25. The van der Waals surface area contributed by atoms with Gasteiger partial charge in [0.15, 0.2) is 0 Å². The first-order valence-corrected chi connectivity index (χ1v) is 5.87. The molecule has 0 radical (unpaired) electrons. The number of nitriles is 2. The molecule has 0 fully saturated rings. The van der Waals surface area contributed by atoms with Crippen LogP contribution >= 0.6 is 0 Å². The summed E-state index contributed by atoms with van der Waals surface area (Å²) in [6.07, 6.45) is 0. The number of halogens is 4. The third kappa shape index (κ3) is 2.85. The Hall–Kier alpha value is -3.34. The van der Waals surface area contributed by atoms with Gasteiger partial charge in [-0.2, -0.15) is 33.2 Å². The van der Waals surface area contributed by atoms with E-state index in [1.807, 2.05) is 0 Å². The summed E-state index contributed by atoms with van der Waals surface area (Å²) in [5.41, 5.74) is -0.636. The standard InChI is InChI=1S/C12H6F4N6O/c13-10(14)21-8-2-1-6(19-20-7(4-17)5-18)3-9(8)22(11(15)16)12(21)23/h1-3,10-11,19H. The fraction of sp³-hybridized carbons (Fsp3) is 0.167. The number of nitrogens with one attached hydrogen (secondary N) is 1. The number of aromatic nitrogens is 2. The molecule has 7 nitrogen and oxygen atoms in total. The first-order valence-electron chi connectivity index (χ1n) is 5.87. The van der Waals surface area contributed by atoms with Crippen LogP contribution < -0.4 is 11.1 Å². The van der Waals surface area contributed by atoms with E-state index in [4.69, 9.17) is 10.5 Å². The fourth-order valence-electron chi connectivity index (χ4n) is 1.88. The minimum Gasteiger partial charge on any atom is -0.276 e. The van der Waals surface area contributed by atoms with Crippen LogP contribution in [0.1, 0.15) is 13.1 Å². The smallest absolute Gasteiger partial charge is 0.276 e. The molecule has 0 aliphatic rings. The molecule has 1 aromatic heterocycles. The molecule has 0 saturated heterocycles. The second-order valence-electron chi connectivity index (χ2n) is 4.08. The SMILES string of the molecule is N#CC(C#N)=NNc1ccc2c(c1)n(C(F)F)c(=O)n2C(F)F. The number of imidazole rings is 1. The highest BCUT2D eigenvalue weighted by atomic mass is 19.3. The molecule has 1 N–H and O–H groups in total. The quantitative estimate of drug-likeness (QED) is 0.530. The van der Waals surface area contributed by atoms with Crippen molar-refractivity contribution in [2.45, 2.75) is 13.1 Å². The van der Waals surface area contributed by atoms with E-state index in [1.54, 1.807) is 0 Å².